The third-order valence-electron chi connectivity index (χ3n) is 3.58. The summed E-state index contributed by atoms with van der Waals surface area (Å²) in [4.78, 5) is 20.8. The van der Waals surface area contributed by atoms with Crippen LogP contribution < -0.4 is 5.32 Å². The average Bonchev–Trinajstić information content (AvgIpc) is 2.45. The Morgan fingerprint density at radius 1 is 1.19 bits per heavy atom. The molecule has 21 heavy (non-hydrogen) atoms. The molecule has 0 spiro atoms. The topological polar surface area (TPSA) is 98.3 Å². The molecule has 0 fully saturated rings. The van der Waals surface area contributed by atoms with E-state index >= 15 is 0 Å². The van der Waals surface area contributed by atoms with Crippen LogP contribution in [0.25, 0.3) is 0 Å². The van der Waals surface area contributed by atoms with Crippen LogP contribution in [0.2, 0.25) is 0 Å². The predicted molar refractivity (Wildman–Crippen MR) is 80.5 cm³/mol. The van der Waals surface area contributed by atoms with E-state index in [0.29, 0.717) is 5.56 Å². The SMILES string of the molecule is CCCNC(C)C(CC)c1ccc([N+](=O)[O-])cc1[N+](=O)[O-]. The number of non-ortho nitro benzene ring substituents is 1. The highest BCUT2D eigenvalue weighted by Gasteiger charge is 2.27. The van der Waals surface area contributed by atoms with E-state index in [4.69, 9.17) is 0 Å². The molecule has 1 aromatic carbocycles. The van der Waals surface area contributed by atoms with Gasteiger partial charge in [0, 0.05) is 23.6 Å². The second kappa shape index (κ2) is 7.68. The fraction of sp³-hybridized carbons (Fsp3) is 0.571. The number of nitrogens with zero attached hydrogens (tertiary/aromatic N) is 2. The van der Waals surface area contributed by atoms with E-state index in [-0.39, 0.29) is 23.3 Å². The van der Waals surface area contributed by atoms with Gasteiger partial charge in [-0.05, 0) is 32.4 Å². The minimum atomic E-state index is -0.615. The smallest absolute Gasteiger partial charge is 0.279 e. The van der Waals surface area contributed by atoms with Crippen LogP contribution in [-0.4, -0.2) is 22.4 Å². The molecule has 7 heteroatoms. The van der Waals surface area contributed by atoms with Crippen LogP contribution in [-0.2, 0) is 0 Å². The molecule has 1 aromatic rings. The Hall–Kier alpha value is -2.02. The number of hydrogen-bond acceptors (Lipinski definition) is 5. The predicted octanol–water partition coefficient (Wildman–Crippen LogP) is 3.38. The van der Waals surface area contributed by atoms with E-state index in [0.717, 1.165) is 25.5 Å². The van der Waals surface area contributed by atoms with Crippen molar-refractivity contribution in [3.8, 4) is 0 Å². The molecule has 0 saturated heterocycles. The molecule has 0 amide bonds. The lowest BCUT2D eigenvalue weighted by Gasteiger charge is -2.24. The zero-order valence-electron chi connectivity index (χ0n) is 12.5. The lowest BCUT2D eigenvalue weighted by Crippen LogP contribution is -2.32. The molecule has 0 radical (unpaired) electrons. The van der Waals surface area contributed by atoms with E-state index in [1.807, 2.05) is 13.8 Å². The van der Waals surface area contributed by atoms with Crippen molar-refractivity contribution in [3.63, 3.8) is 0 Å². The van der Waals surface area contributed by atoms with Crippen molar-refractivity contribution in [2.75, 3.05) is 6.54 Å². The fourth-order valence-electron chi connectivity index (χ4n) is 2.47. The highest BCUT2D eigenvalue weighted by molar-refractivity contribution is 5.51. The van der Waals surface area contributed by atoms with Gasteiger partial charge in [0.1, 0.15) is 0 Å². The molecule has 0 heterocycles. The third-order valence-corrected chi connectivity index (χ3v) is 3.58. The van der Waals surface area contributed by atoms with Gasteiger partial charge in [-0.15, -0.1) is 0 Å². The summed E-state index contributed by atoms with van der Waals surface area (Å²) < 4.78 is 0. The Balaban J connectivity index is 3.19. The number of nitro benzene ring substituents is 2. The van der Waals surface area contributed by atoms with Crippen LogP contribution in [0.1, 0.15) is 45.1 Å². The van der Waals surface area contributed by atoms with Crippen molar-refractivity contribution in [1.29, 1.82) is 0 Å². The van der Waals surface area contributed by atoms with Crippen LogP contribution in [0.5, 0.6) is 0 Å². The summed E-state index contributed by atoms with van der Waals surface area (Å²) in [6.45, 7) is 6.82. The molecule has 0 saturated carbocycles. The molecule has 0 aliphatic rings. The van der Waals surface area contributed by atoms with Crippen LogP contribution in [0.3, 0.4) is 0 Å². The standard InChI is InChI=1S/C14H21N3O4/c1-4-8-15-10(3)12(5-2)13-7-6-11(16(18)19)9-14(13)17(20)21/h6-7,9-10,12,15H,4-5,8H2,1-3H3. The van der Waals surface area contributed by atoms with Gasteiger partial charge in [0.25, 0.3) is 11.4 Å². The van der Waals surface area contributed by atoms with Crippen molar-refractivity contribution in [3.05, 3.63) is 44.0 Å². The first-order valence-corrected chi connectivity index (χ1v) is 7.08. The maximum absolute atomic E-state index is 11.2. The molecule has 116 valence electrons. The fourth-order valence-corrected chi connectivity index (χ4v) is 2.47. The highest BCUT2D eigenvalue weighted by atomic mass is 16.6. The van der Waals surface area contributed by atoms with Gasteiger partial charge in [0.15, 0.2) is 0 Å². The maximum Gasteiger partial charge on any atom is 0.279 e. The average molecular weight is 295 g/mol. The van der Waals surface area contributed by atoms with Gasteiger partial charge in [-0.2, -0.15) is 0 Å². The van der Waals surface area contributed by atoms with Crippen molar-refractivity contribution in [1.82, 2.24) is 5.32 Å². The van der Waals surface area contributed by atoms with E-state index in [9.17, 15) is 20.2 Å². The Bertz CT molecular complexity index is 519. The lowest BCUT2D eigenvalue weighted by atomic mass is 9.88. The second-order valence-electron chi connectivity index (χ2n) is 5.01. The second-order valence-corrected chi connectivity index (χ2v) is 5.01. The van der Waals surface area contributed by atoms with E-state index in [1.165, 1.54) is 12.1 Å². The van der Waals surface area contributed by atoms with Gasteiger partial charge in [0.2, 0.25) is 0 Å². The van der Waals surface area contributed by atoms with Crippen LogP contribution in [0.4, 0.5) is 11.4 Å². The molecule has 1 rings (SSSR count). The Kier molecular flexibility index (Phi) is 6.23. The van der Waals surface area contributed by atoms with Crippen molar-refractivity contribution >= 4 is 11.4 Å². The van der Waals surface area contributed by atoms with Gasteiger partial charge >= 0.3 is 0 Å². The number of nitro groups is 2. The summed E-state index contributed by atoms with van der Waals surface area (Å²) in [5.74, 6) is -0.0576. The van der Waals surface area contributed by atoms with Gasteiger partial charge in [-0.3, -0.25) is 20.2 Å². The first kappa shape index (κ1) is 17.0. The Morgan fingerprint density at radius 2 is 1.86 bits per heavy atom. The molecule has 0 aliphatic carbocycles. The molecular formula is C14H21N3O4. The Morgan fingerprint density at radius 3 is 2.33 bits per heavy atom. The zero-order valence-corrected chi connectivity index (χ0v) is 12.5. The van der Waals surface area contributed by atoms with Gasteiger partial charge in [-0.1, -0.05) is 13.8 Å². The van der Waals surface area contributed by atoms with E-state index < -0.39 is 9.85 Å². The zero-order chi connectivity index (χ0) is 16.0. The summed E-state index contributed by atoms with van der Waals surface area (Å²) in [5.41, 5.74) is 0.111. The number of rotatable bonds is 8. The summed E-state index contributed by atoms with van der Waals surface area (Å²) in [7, 11) is 0. The van der Waals surface area contributed by atoms with Crippen molar-refractivity contribution in [2.24, 2.45) is 0 Å². The summed E-state index contributed by atoms with van der Waals surface area (Å²) in [5, 5.41) is 25.3. The largest absolute Gasteiger partial charge is 0.314 e. The normalized spacial score (nSPS) is 13.7. The molecule has 0 aromatic heterocycles. The van der Waals surface area contributed by atoms with Crippen LogP contribution in [0.15, 0.2) is 18.2 Å². The third kappa shape index (κ3) is 4.22. The van der Waals surface area contributed by atoms with Crippen LogP contribution in [0, 0.1) is 20.2 Å². The monoisotopic (exact) mass is 295 g/mol. The minimum Gasteiger partial charge on any atom is -0.314 e. The van der Waals surface area contributed by atoms with E-state index in [2.05, 4.69) is 12.2 Å². The number of hydrogen-bond donors (Lipinski definition) is 1. The molecular weight excluding hydrogens is 274 g/mol. The molecule has 0 aliphatic heterocycles. The summed E-state index contributed by atoms with van der Waals surface area (Å²) in [6.07, 6.45) is 1.69. The summed E-state index contributed by atoms with van der Waals surface area (Å²) in [6, 6.07) is 3.95. The summed E-state index contributed by atoms with van der Waals surface area (Å²) >= 11 is 0. The van der Waals surface area contributed by atoms with Crippen molar-refractivity contribution in [2.45, 2.75) is 45.6 Å². The number of benzene rings is 1. The van der Waals surface area contributed by atoms with Gasteiger partial charge in [0.05, 0.1) is 15.9 Å². The molecule has 0 bridgehead atoms. The quantitative estimate of drug-likeness (QED) is 0.585. The molecule has 7 nitrogen and oxygen atoms in total. The highest BCUT2D eigenvalue weighted by Crippen LogP contribution is 2.34. The minimum absolute atomic E-state index is 0.0576. The lowest BCUT2D eigenvalue weighted by molar-refractivity contribution is -0.394. The Labute approximate surface area is 123 Å². The molecule has 2 unspecified atom stereocenters. The van der Waals surface area contributed by atoms with Gasteiger partial charge < -0.3 is 5.32 Å². The number of nitrogens with one attached hydrogen (secondary N) is 1. The van der Waals surface area contributed by atoms with Gasteiger partial charge in [-0.25, -0.2) is 0 Å². The first-order chi connectivity index (χ1) is 9.92. The maximum atomic E-state index is 11.2. The van der Waals surface area contributed by atoms with Crippen molar-refractivity contribution < 1.29 is 9.85 Å². The first-order valence-electron chi connectivity index (χ1n) is 7.08. The van der Waals surface area contributed by atoms with Crippen LogP contribution >= 0.6 is 0 Å². The molecule has 1 N–H and O–H groups in total. The van der Waals surface area contributed by atoms with E-state index in [1.54, 1.807) is 0 Å². The molecule has 2 atom stereocenters.